The van der Waals surface area contributed by atoms with Gasteiger partial charge in [-0.15, -0.1) is 0 Å². The third-order valence-corrected chi connectivity index (χ3v) is 6.36. The second-order valence-electron chi connectivity index (χ2n) is 7.42. The predicted octanol–water partition coefficient (Wildman–Crippen LogP) is 3.69. The quantitative estimate of drug-likeness (QED) is 0.711. The van der Waals surface area contributed by atoms with Crippen molar-refractivity contribution in [1.82, 2.24) is 9.80 Å². The molecule has 0 radical (unpaired) electrons. The van der Waals surface area contributed by atoms with Gasteiger partial charge in [-0.2, -0.15) is 0 Å². The Kier molecular flexibility index (Phi) is 5.84. The van der Waals surface area contributed by atoms with Crippen LogP contribution >= 0.6 is 23.2 Å². The zero-order chi connectivity index (χ0) is 21.4. The molecular weight excluding hydrogens is 435 g/mol. The van der Waals surface area contributed by atoms with Crippen LogP contribution in [0.1, 0.15) is 10.4 Å². The molecule has 2 saturated heterocycles. The molecular formula is C21H19Cl2F2N3O2. The molecule has 2 aromatic carbocycles. The highest BCUT2D eigenvalue weighted by atomic mass is 35.5. The summed E-state index contributed by atoms with van der Waals surface area (Å²) >= 11 is 12.4. The molecule has 0 saturated carbocycles. The normalized spacial score (nSPS) is 17.1. The van der Waals surface area contributed by atoms with Crippen LogP contribution < -0.4 is 4.90 Å². The molecule has 0 unspecified atom stereocenters. The highest BCUT2D eigenvalue weighted by Crippen LogP contribution is 2.33. The molecule has 0 aromatic heterocycles. The van der Waals surface area contributed by atoms with Gasteiger partial charge >= 0.3 is 0 Å². The van der Waals surface area contributed by atoms with Crippen LogP contribution in [0.3, 0.4) is 0 Å². The minimum absolute atomic E-state index is 0.00109. The number of piperazine rings is 1. The fourth-order valence-corrected chi connectivity index (χ4v) is 4.19. The van der Waals surface area contributed by atoms with Gasteiger partial charge in [0.25, 0.3) is 5.91 Å². The van der Waals surface area contributed by atoms with Crippen LogP contribution in [-0.2, 0) is 4.79 Å². The van der Waals surface area contributed by atoms with E-state index in [4.69, 9.17) is 23.2 Å². The van der Waals surface area contributed by atoms with Crippen LogP contribution in [0.15, 0.2) is 36.4 Å². The van der Waals surface area contributed by atoms with Gasteiger partial charge in [-0.05, 0) is 30.3 Å². The Labute approximate surface area is 182 Å². The van der Waals surface area contributed by atoms with Crippen LogP contribution in [-0.4, -0.2) is 60.9 Å². The van der Waals surface area contributed by atoms with Crippen molar-refractivity contribution in [2.45, 2.75) is 0 Å². The monoisotopic (exact) mass is 453 g/mol. The number of rotatable bonds is 3. The molecule has 4 rings (SSSR count). The second kappa shape index (κ2) is 8.40. The summed E-state index contributed by atoms with van der Waals surface area (Å²) in [6.45, 7) is 2.92. The van der Waals surface area contributed by atoms with Crippen molar-refractivity contribution in [3.63, 3.8) is 0 Å². The van der Waals surface area contributed by atoms with Gasteiger partial charge in [0, 0.05) is 44.8 Å². The third-order valence-electron chi connectivity index (χ3n) is 5.55. The summed E-state index contributed by atoms with van der Waals surface area (Å²) in [7, 11) is 0. The number of benzene rings is 2. The molecule has 2 aliphatic rings. The lowest BCUT2D eigenvalue weighted by molar-refractivity contribution is -0.140. The number of halogens is 4. The van der Waals surface area contributed by atoms with E-state index < -0.39 is 17.5 Å². The SMILES string of the molecule is O=C(c1ccc(F)c(F)c1)N1CC(C(=O)N2CCN(c3cccc(Cl)c3Cl)CC2)C1. The fraction of sp³-hybridized carbons (Fsp3) is 0.333. The molecule has 2 aliphatic heterocycles. The van der Waals surface area contributed by atoms with Crippen LogP contribution in [0, 0.1) is 17.6 Å². The lowest BCUT2D eigenvalue weighted by atomic mass is 9.96. The maximum Gasteiger partial charge on any atom is 0.254 e. The second-order valence-corrected chi connectivity index (χ2v) is 8.21. The summed E-state index contributed by atoms with van der Waals surface area (Å²) < 4.78 is 26.4. The molecule has 9 heteroatoms. The van der Waals surface area contributed by atoms with E-state index >= 15 is 0 Å². The first-order valence-electron chi connectivity index (χ1n) is 9.57. The Hall–Kier alpha value is -2.38. The summed E-state index contributed by atoms with van der Waals surface area (Å²) in [6, 6.07) is 8.53. The number of anilines is 1. The first kappa shape index (κ1) is 20.9. The van der Waals surface area contributed by atoms with Crippen molar-refractivity contribution in [1.29, 1.82) is 0 Å². The number of nitrogens with zero attached hydrogens (tertiary/aromatic N) is 3. The Morgan fingerprint density at radius 2 is 1.60 bits per heavy atom. The molecule has 30 heavy (non-hydrogen) atoms. The number of amides is 2. The molecule has 158 valence electrons. The largest absolute Gasteiger partial charge is 0.367 e. The Bertz CT molecular complexity index is 990. The van der Waals surface area contributed by atoms with Gasteiger partial charge in [0.05, 0.1) is 21.7 Å². The summed E-state index contributed by atoms with van der Waals surface area (Å²) in [5.41, 5.74) is 0.926. The summed E-state index contributed by atoms with van der Waals surface area (Å²) in [6.07, 6.45) is 0. The van der Waals surface area contributed by atoms with E-state index in [2.05, 4.69) is 4.90 Å². The van der Waals surface area contributed by atoms with E-state index in [9.17, 15) is 18.4 Å². The van der Waals surface area contributed by atoms with Crippen molar-refractivity contribution >= 4 is 40.7 Å². The molecule has 0 atom stereocenters. The van der Waals surface area contributed by atoms with Gasteiger partial charge in [0.2, 0.25) is 5.91 Å². The number of carbonyl (C=O) groups excluding carboxylic acids is 2. The molecule has 2 amide bonds. The maximum atomic E-state index is 13.3. The Morgan fingerprint density at radius 1 is 0.900 bits per heavy atom. The van der Waals surface area contributed by atoms with E-state index in [1.165, 1.54) is 11.0 Å². The Balaban J connectivity index is 1.30. The standard InChI is InChI=1S/C21H19Cl2F2N3O2/c22-15-2-1-3-18(19(15)23)26-6-8-27(9-7-26)21(30)14-11-28(12-14)20(29)13-4-5-16(24)17(25)10-13/h1-5,10,14H,6-9,11-12H2. The molecule has 2 aromatic rings. The summed E-state index contributed by atoms with van der Waals surface area (Å²) in [4.78, 5) is 30.5. The zero-order valence-electron chi connectivity index (χ0n) is 16.0. The van der Waals surface area contributed by atoms with Crippen molar-refractivity contribution in [3.05, 3.63) is 63.6 Å². The van der Waals surface area contributed by atoms with Gasteiger partial charge < -0.3 is 14.7 Å². The number of hydrogen-bond donors (Lipinski definition) is 0. The summed E-state index contributed by atoms with van der Waals surface area (Å²) in [5, 5.41) is 0.997. The van der Waals surface area contributed by atoms with Gasteiger partial charge in [-0.1, -0.05) is 29.3 Å². The Morgan fingerprint density at radius 3 is 2.27 bits per heavy atom. The summed E-state index contributed by atoms with van der Waals surface area (Å²) in [5.74, 6) is -2.74. The molecule has 5 nitrogen and oxygen atoms in total. The first-order valence-corrected chi connectivity index (χ1v) is 10.3. The van der Waals surface area contributed by atoms with Crippen molar-refractivity contribution in [2.75, 3.05) is 44.2 Å². The molecule has 0 bridgehead atoms. The third kappa shape index (κ3) is 3.96. The highest BCUT2D eigenvalue weighted by Gasteiger charge is 2.39. The van der Waals surface area contributed by atoms with Crippen LogP contribution in [0.4, 0.5) is 14.5 Å². The number of hydrogen-bond acceptors (Lipinski definition) is 3. The molecule has 0 spiro atoms. The van der Waals surface area contributed by atoms with Crippen molar-refractivity contribution in [2.24, 2.45) is 5.92 Å². The van der Waals surface area contributed by atoms with Crippen molar-refractivity contribution < 1.29 is 18.4 Å². The van der Waals surface area contributed by atoms with Gasteiger partial charge in [0.15, 0.2) is 11.6 Å². The minimum atomic E-state index is -1.06. The topological polar surface area (TPSA) is 43.9 Å². The van der Waals surface area contributed by atoms with E-state index in [0.717, 1.165) is 17.8 Å². The fourth-order valence-electron chi connectivity index (χ4n) is 3.77. The average molecular weight is 454 g/mol. The van der Waals surface area contributed by atoms with Gasteiger partial charge in [-0.3, -0.25) is 9.59 Å². The molecule has 0 aliphatic carbocycles. The average Bonchev–Trinajstić information content (AvgIpc) is 2.71. The van der Waals surface area contributed by atoms with Crippen LogP contribution in [0.25, 0.3) is 0 Å². The van der Waals surface area contributed by atoms with E-state index in [0.29, 0.717) is 36.2 Å². The number of carbonyl (C=O) groups is 2. The van der Waals surface area contributed by atoms with Crippen LogP contribution in [0.5, 0.6) is 0 Å². The zero-order valence-corrected chi connectivity index (χ0v) is 17.5. The molecule has 2 fully saturated rings. The van der Waals surface area contributed by atoms with E-state index in [1.54, 1.807) is 11.0 Å². The minimum Gasteiger partial charge on any atom is -0.367 e. The molecule has 0 N–H and O–H groups in total. The maximum absolute atomic E-state index is 13.3. The lowest BCUT2D eigenvalue weighted by Gasteiger charge is -2.43. The van der Waals surface area contributed by atoms with Crippen molar-refractivity contribution in [3.8, 4) is 0 Å². The first-order chi connectivity index (χ1) is 14.3. The number of likely N-dealkylation sites (tertiary alicyclic amines) is 1. The van der Waals surface area contributed by atoms with Crippen LogP contribution in [0.2, 0.25) is 10.0 Å². The van der Waals surface area contributed by atoms with Gasteiger partial charge in [0.1, 0.15) is 0 Å². The lowest BCUT2D eigenvalue weighted by Crippen LogP contribution is -2.59. The predicted molar refractivity (Wildman–Crippen MR) is 111 cm³/mol. The smallest absolute Gasteiger partial charge is 0.254 e. The van der Waals surface area contributed by atoms with E-state index in [-0.39, 0.29) is 30.5 Å². The van der Waals surface area contributed by atoms with Gasteiger partial charge in [-0.25, -0.2) is 8.78 Å². The van der Waals surface area contributed by atoms with E-state index in [1.807, 2.05) is 12.1 Å². The highest BCUT2D eigenvalue weighted by molar-refractivity contribution is 6.43. The molecule has 2 heterocycles.